The Labute approximate surface area is 266 Å². The van der Waals surface area contributed by atoms with Crippen LogP contribution in [0.5, 0.6) is 0 Å². The normalized spacial score (nSPS) is 14.2. The van der Waals surface area contributed by atoms with E-state index in [0.29, 0.717) is 11.1 Å². The van der Waals surface area contributed by atoms with Gasteiger partial charge in [0.1, 0.15) is 0 Å². The molecule has 24 heteroatoms. The number of sulfone groups is 4. The number of halogens is 12. The summed E-state index contributed by atoms with van der Waals surface area (Å²) in [6.07, 6.45) is 0. The third-order valence-corrected chi connectivity index (χ3v) is 15.2. The molecule has 2 rings (SSSR count). The van der Waals surface area contributed by atoms with Crippen LogP contribution in [-0.4, -0.2) is 55.7 Å². The van der Waals surface area contributed by atoms with Gasteiger partial charge in [-0.3, -0.25) is 0 Å². The van der Waals surface area contributed by atoms with Crippen molar-refractivity contribution in [1.82, 2.24) is 0 Å². The second-order valence-corrected chi connectivity index (χ2v) is 18.9. The van der Waals surface area contributed by atoms with Gasteiger partial charge in [0, 0.05) is 0 Å². The third kappa shape index (κ3) is 8.22. The van der Waals surface area contributed by atoms with Crippen molar-refractivity contribution in [2.24, 2.45) is 0 Å². The second kappa shape index (κ2) is 13.3. The molecule has 0 aliphatic heterocycles. The molecule has 0 radical (unpaired) electrons. The minimum absolute atomic E-state index is 0.307. The van der Waals surface area contributed by atoms with Crippen molar-refractivity contribution in [3.05, 3.63) is 68.8 Å². The fourth-order valence-electron chi connectivity index (χ4n) is 4.57. The zero-order valence-electron chi connectivity index (χ0n) is 24.9. The number of hydrogen-bond donors (Lipinski definition) is 0. The molecule has 0 fully saturated rings. The summed E-state index contributed by atoms with van der Waals surface area (Å²) < 4.78 is 239. The van der Waals surface area contributed by atoms with E-state index in [2.05, 4.69) is 0 Å². The lowest BCUT2D eigenvalue weighted by Crippen LogP contribution is -2.40. The number of alkyl halides is 12. The number of benzene rings is 2. The first-order valence-electron chi connectivity index (χ1n) is 12.2. The van der Waals surface area contributed by atoms with Gasteiger partial charge in [-0.2, -0.15) is 52.7 Å². The van der Waals surface area contributed by atoms with E-state index < -0.39 is 81.7 Å². The van der Waals surface area contributed by atoms with Crippen LogP contribution in [0.25, 0.3) is 0 Å². The maximum Gasteiger partial charge on any atom is 0.499 e. The predicted molar refractivity (Wildman–Crippen MR) is 147 cm³/mol. The van der Waals surface area contributed by atoms with Gasteiger partial charge in [0.05, 0.1) is 0 Å². The Balaban J connectivity index is 0.000000480. The van der Waals surface area contributed by atoms with E-state index in [-0.39, 0.29) is 22.3 Å². The Hall–Kier alpha value is -2.60. The van der Waals surface area contributed by atoms with Crippen molar-refractivity contribution in [1.29, 1.82) is 0 Å². The highest BCUT2D eigenvalue weighted by Crippen LogP contribution is 2.48. The number of aryl methyl sites for hydroxylation is 6. The van der Waals surface area contributed by atoms with Crippen LogP contribution < -0.4 is 0 Å². The SMILES string of the molecule is Cc1cc(C)c(C(S(=O)(=O)C(F)(F)F)S(=O)(=O)C(F)(F)F)c(C)c1.Cc1cc(C)c(C(S(=O)(=O)C(F)(F)F)S(=O)(=O)C(F)(F)F)c(C)c1. The summed E-state index contributed by atoms with van der Waals surface area (Å²) in [4.78, 5) is 0. The van der Waals surface area contributed by atoms with Crippen LogP contribution >= 0.6 is 0 Å². The van der Waals surface area contributed by atoms with Crippen molar-refractivity contribution in [3.63, 3.8) is 0 Å². The molecule has 48 heavy (non-hydrogen) atoms. The summed E-state index contributed by atoms with van der Waals surface area (Å²) in [5.74, 6) is 0. The van der Waals surface area contributed by atoms with E-state index in [1.807, 2.05) is 0 Å². The molecule has 0 aliphatic carbocycles. The fourth-order valence-corrected chi connectivity index (χ4v) is 12.2. The number of hydrogen-bond acceptors (Lipinski definition) is 8. The molecule has 8 nitrogen and oxygen atoms in total. The van der Waals surface area contributed by atoms with E-state index >= 15 is 0 Å². The molecule has 0 amide bonds. The minimum atomic E-state index is -6.70. The van der Waals surface area contributed by atoms with Crippen LogP contribution in [-0.2, 0) is 39.3 Å². The predicted octanol–water partition coefficient (Wildman–Crippen LogP) is 6.96. The first-order chi connectivity index (χ1) is 20.9. The van der Waals surface area contributed by atoms with Crippen LogP contribution in [0.3, 0.4) is 0 Å². The van der Waals surface area contributed by atoms with E-state index in [9.17, 15) is 86.4 Å². The maximum atomic E-state index is 12.8. The largest absolute Gasteiger partial charge is 0.499 e. The van der Waals surface area contributed by atoms with Gasteiger partial charge in [0.15, 0.2) is 0 Å². The van der Waals surface area contributed by atoms with Gasteiger partial charge < -0.3 is 0 Å². The highest BCUT2D eigenvalue weighted by Gasteiger charge is 2.65. The molecule has 0 saturated heterocycles. The van der Waals surface area contributed by atoms with Gasteiger partial charge in [0.2, 0.25) is 9.16 Å². The Kier molecular flexibility index (Phi) is 12.0. The molecule has 0 atom stereocenters. The van der Waals surface area contributed by atoms with Gasteiger partial charge in [-0.15, -0.1) is 0 Å². The van der Waals surface area contributed by atoms with E-state index in [1.165, 1.54) is 13.8 Å². The topological polar surface area (TPSA) is 137 Å². The molecule has 0 unspecified atom stereocenters. The zero-order chi connectivity index (χ0) is 38.6. The zero-order valence-corrected chi connectivity index (χ0v) is 28.2. The van der Waals surface area contributed by atoms with Crippen molar-refractivity contribution < 1.29 is 86.4 Å². The average Bonchev–Trinajstić information content (AvgIpc) is 2.80. The minimum Gasteiger partial charge on any atom is -0.218 e. The summed E-state index contributed by atoms with van der Waals surface area (Å²) in [6.45, 7) is 7.10. The van der Waals surface area contributed by atoms with Gasteiger partial charge in [-0.05, 0) is 74.9 Å². The van der Waals surface area contributed by atoms with Crippen LogP contribution in [0.15, 0.2) is 24.3 Å². The van der Waals surface area contributed by atoms with Crippen LogP contribution in [0.1, 0.15) is 53.7 Å². The Bertz CT molecular complexity index is 1710. The summed E-state index contributed by atoms with van der Waals surface area (Å²) in [7, 11) is -26.8. The van der Waals surface area contributed by atoms with Crippen molar-refractivity contribution in [3.8, 4) is 0 Å². The average molecular weight is 797 g/mol. The summed E-state index contributed by atoms with van der Waals surface area (Å²) in [5, 5.41) is 0. The molecule has 2 aromatic rings. The molecule has 0 saturated carbocycles. The highest BCUT2D eigenvalue weighted by molar-refractivity contribution is 8.09. The first kappa shape index (κ1) is 43.4. The maximum absolute atomic E-state index is 12.8. The Morgan fingerprint density at radius 2 is 0.521 bits per heavy atom. The van der Waals surface area contributed by atoms with Crippen LogP contribution in [0.2, 0.25) is 0 Å². The molecule has 276 valence electrons. The summed E-state index contributed by atoms with van der Waals surface area (Å²) in [6, 6.07) is 4.42. The van der Waals surface area contributed by atoms with Crippen LogP contribution in [0, 0.1) is 41.5 Å². The van der Waals surface area contributed by atoms with E-state index in [1.54, 1.807) is 0 Å². The second-order valence-electron chi connectivity index (χ2n) is 10.3. The Morgan fingerprint density at radius 3 is 0.646 bits per heavy atom. The van der Waals surface area contributed by atoms with E-state index in [0.717, 1.165) is 52.0 Å². The molecular formula is C24H24F12O8S4. The molecule has 0 aliphatic rings. The summed E-state index contributed by atoms with van der Waals surface area (Å²) >= 11 is 0. The molecule has 0 spiro atoms. The van der Waals surface area contributed by atoms with Crippen molar-refractivity contribution in [2.75, 3.05) is 0 Å². The highest BCUT2D eigenvalue weighted by atomic mass is 32.3. The molecule has 0 aromatic heterocycles. The monoisotopic (exact) mass is 796 g/mol. The smallest absolute Gasteiger partial charge is 0.218 e. The lowest BCUT2D eigenvalue weighted by atomic mass is 10.0. The van der Waals surface area contributed by atoms with E-state index in [4.69, 9.17) is 0 Å². The molecule has 2 aromatic carbocycles. The Morgan fingerprint density at radius 1 is 0.375 bits per heavy atom. The van der Waals surface area contributed by atoms with Gasteiger partial charge in [0.25, 0.3) is 39.3 Å². The van der Waals surface area contributed by atoms with Gasteiger partial charge in [-0.1, -0.05) is 35.4 Å². The van der Waals surface area contributed by atoms with Crippen molar-refractivity contribution >= 4 is 39.3 Å². The molecule has 0 bridgehead atoms. The molecule has 0 heterocycles. The lowest BCUT2D eigenvalue weighted by Gasteiger charge is -2.24. The quantitative estimate of drug-likeness (QED) is 0.287. The van der Waals surface area contributed by atoms with Gasteiger partial charge >= 0.3 is 22.0 Å². The number of rotatable bonds is 6. The van der Waals surface area contributed by atoms with Crippen molar-refractivity contribution in [2.45, 2.75) is 72.7 Å². The fraction of sp³-hybridized carbons (Fsp3) is 0.500. The van der Waals surface area contributed by atoms with Crippen LogP contribution in [0.4, 0.5) is 52.7 Å². The summed E-state index contributed by atoms with van der Waals surface area (Å²) in [5.41, 5.74) is -27.2. The lowest BCUT2D eigenvalue weighted by molar-refractivity contribution is -0.0484. The molecule has 0 N–H and O–H groups in total. The van der Waals surface area contributed by atoms with Gasteiger partial charge in [-0.25, -0.2) is 33.7 Å². The molecular weight excluding hydrogens is 773 g/mol. The third-order valence-electron chi connectivity index (χ3n) is 6.37. The first-order valence-corrected chi connectivity index (χ1v) is 18.4. The standard InChI is InChI=1S/2C12H12F6O4S2/c2*1-6-4-7(2)9(8(3)5-6)10(23(19,20)11(13,14)15)24(21,22)12(16,17)18/h2*4-5,10H,1-3H3.